The topological polar surface area (TPSA) is 59.2 Å². The summed E-state index contributed by atoms with van der Waals surface area (Å²) in [6, 6.07) is 7.07. The van der Waals surface area contributed by atoms with Crippen molar-refractivity contribution in [1.82, 2.24) is 10.1 Å². The van der Waals surface area contributed by atoms with E-state index in [0.717, 1.165) is 4.90 Å². The molecule has 2 aromatic rings. The smallest absolute Gasteiger partial charge is 0.383 e. The molecule has 1 atom stereocenters. The molecule has 4 nitrogen and oxygen atoms in total. The second-order valence-corrected chi connectivity index (χ2v) is 5.59. The molecule has 0 aliphatic carbocycles. The summed E-state index contributed by atoms with van der Waals surface area (Å²) in [4.78, 5) is 4.73. The molecule has 21 heavy (non-hydrogen) atoms. The van der Waals surface area contributed by atoms with E-state index < -0.39 is 18.7 Å². The maximum Gasteiger partial charge on any atom is 0.414 e. The molecule has 1 heterocycles. The van der Waals surface area contributed by atoms with Crippen LogP contribution in [-0.4, -0.2) is 27.5 Å². The molecule has 0 spiro atoms. The minimum Gasteiger partial charge on any atom is -0.383 e. The molecule has 0 bridgehead atoms. The molecule has 0 aliphatic rings. The molecule has 0 saturated carbocycles. The first-order valence-corrected chi connectivity index (χ1v) is 7.15. The van der Waals surface area contributed by atoms with Gasteiger partial charge in [0.15, 0.2) is 11.9 Å². The molecular formula is C12H10ClF3N2O2S. The van der Waals surface area contributed by atoms with Crippen LogP contribution < -0.4 is 0 Å². The van der Waals surface area contributed by atoms with E-state index in [1.807, 2.05) is 0 Å². The molecule has 0 radical (unpaired) electrons. The average molecular weight is 339 g/mol. The van der Waals surface area contributed by atoms with Gasteiger partial charge in [-0.2, -0.15) is 18.2 Å². The minimum absolute atomic E-state index is 0.244. The van der Waals surface area contributed by atoms with Crippen molar-refractivity contribution < 1.29 is 22.8 Å². The van der Waals surface area contributed by atoms with Crippen molar-refractivity contribution in [3.8, 4) is 0 Å². The van der Waals surface area contributed by atoms with E-state index in [2.05, 4.69) is 14.7 Å². The Morgan fingerprint density at radius 3 is 2.57 bits per heavy atom. The normalized spacial score (nSPS) is 13.4. The highest BCUT2D eigenvalue weighted by Crippen LogP contribution is 2.25. The van der Waals surface area contributed by atoms with E-state index in [4.69, 9.17) is 16.7 Å². The number of nitrogens with zero attached hydrogens (tertiary/aromatic N) is 2. The Labute approximate surface area is 127 Å². The Hall–Kier alpha value is -1.25. The van der Waals surface area contributed by atoms with Crippen LogP contribution in [-0.2, 0) is 12.2 Å². The number of hydrogen-bond donors (Lipinski definition) is 1. The fourth-order valence-corrected chi connectivity index (χ4v) is 2.26. The van der Waals surface area contributed by atoms with Gasteiger partial charge in [0, 0.05) is 9.92 Å². The van der Waals surface area contributed by atoms with Crippen molar-refractivity contribution >= 4 is 23.4 Å². The summed E-state index contributed by atoms with van der Waals surface area (Å²) in [6.45, 7) is 0. The van der Waals surface area contributed by atoms with Gasteiger partial charge in [0.05, 0.1) is 12.2 Å². The third kappa shape index (κ3) is 4.90. The number of aliphatic hydroxyl groups is 1. The molecule has 1 unspecified atom stereocenters. The first kappa shape index (κ1) is 16.1. The molecule has 0 fully saturated rings. The van der Waals surface area contributed by atoms with E-state index >= 15 is 0 Å². The molecule has 1 aromatic carbocycles. The van der Waals surface area contributed by atoms with Gasteiger partial charge >= 0.3 is 6.18 Å². The average Bonchev–Trinajstić information content (AvgIpc) is 2.85. The van der Waals surface area contributed by atoms with Crippen LogP contribution in [0.2, 0.25) is 5.02 Å². The Bertz CT molecular complexity index is 589. The zero-order valence-electron chi connectivity index (χ0n) is 10.5. The van der Waals surface area contributed by atoms with E-state index in [9.17, 15) is 13.2 Å². The van der Waals surface area contributed by atoms with Gasteiger partial charge in [-0.05, 0) is 24.3 Å². The Morgan fingerprint density at radius 2 is 1.95 bits per heavy atom. The summed E-state index contributed by atoms with van der Waals surface area (Å²) in [5.74, 6) is 0.360. The first-order valence-electron chi connectivity index (χ1n) is 5.79. The van der Waals surface area contributed by atoms with Crippen LogP contribution in [0.5, 0.6) is 0 Å². The molecule has 9 heteroatoms. The minimum atomic E-state index is -4.70. The predicted octanol–water partition coefficient (Wildman–Crippen LogP) is 3.48. The Morgan fingerprint density at radius 1 is 1.29 bits per heavy atom. The van der Waals surface area contributed by atoms with Crippen molar-refractivity contribution in [1.29, 1.82) is 0 Å². The van der Waals surface area contributed by atoms with Gasteiger partial charge < -0.3 is 9.63 Å². The second-order valence-electron chi connectivity index (χ2n) is 4.11. The summed E-state index contributed by atoms with van der Waals surface area (Å²) in [6.07, 6.45) is -7.95. The number of benzene rings is 1. The lowest BCUT2D eigenvalue weighted by Crippen LogP contribution is -2.30. The van der Waals surface area contributed by atoms with Gasteiger partial charge in [0.1, 0.15) is 0 Å². The molecule has 0 amide bonds. The summed E-state index contributed by atoms with van der Waals surface area (Å²) in [7, 11) is 0. The summed E-state index contributed by atoms with van der Waals surface area (Å²) in [5, 5.41) is 13.1. The zero-order chi connectivity index (χ0) is 15.5. The maximum absolute atomic E-state index is 12.2. The van der Waals surface area contributed by atoms with Crippen LogP contribution in [0.4, 0.5) is 13.2 Å². The number of alkyl halides is 3. The van der Waals surface area contributed by atoms with E-state index in [1.165, 1.54) is 11.8 Å². The van der Waals surface area contributed by atoms with Crippen molar-refractivity contribution in [2.45, 2.75) is 29.3 Å². The molecule has 114 valence electrons. The van der Waals surface area contributed by atoms with Gasteiger partial charge in [-0.1, -0.05) is 16.8 Å². The van der Waals surface area contributed by atoms with Crippen LogP contribution in [0.15, 0.2) is 33.7 Å². The number of rotatable bonds is 5. The molecule has 1 aromatic heterocycles. The number of aromatic nitrogens is 2. The fraction of sp³-hybridized carbons (Fsp3) is 0.333. The van der Waals surface area contributed by atoms with Gasteiger partial charge in [0.25, 0.3) is 0 Å². The van der Waals surface area contributed by atoms with Gasteiger partial charge in [-0.15, -0.1) is 11.8 Å². The lowest BCUT2D eigenvalue weighted by Gasteiger charge is -2.11. The standard InChI is InChI=1S/C12H10ClF3N2O2S/c13-7-1-3-8(4-2-7)21-6-10-17-11(20-18-10)5-9(19)12(14,15)16/h1-4,9,19H,5-6H2. The van der Waals surface area contributed by atoms with Gasteiger partial charge in [-0.25, -0.2) is 0 Å². The third-order valence-corrected chi connectivity index (χ3v) is 3.70. The van der Waals surface area contributed by atoms with Crippen LogP contribution in [0, 0.1) is 0 Å². The lowest BCUT2D eigenvalue weighted by molar-refractivity contribution is -0.204. The fourth-order valence-electron chi connectivity index (χ4n) is 1.39. The SMILES string of the molecule is OC(Cc1nc(CSc2ccc(Cl)cc2)no1)C(F)(F)F. The van der Waals surface area contributed by atoms with Crippen molar-refractivity contribution in [2.75, 3.05) is 0 Å². The van der Waals surface area contributed by atoms with Crippen molar-refractivity contribution in [3.05, 3.63) is 41.0 Å². The molecular weight excluding hydrogens is 329 g/mol. The van der Waals surface area contributed by atoms with Crippen LogP contribution >= 0.6 is 23.4 Å². The first-order chi connectivity index (χ1) is 9.84. The summed E-state index contributed by atoms with van der Waals surface area (Å²) in [5.41, 5.74) is 0. The van der Waals surface area contributed by atoms with Crippen molar-refractivity contribution in [2.24, 2.45) is 0 Å². The number of aliphatic hydroxyl groups excluding tert-OH is 1. The summed E-state index contributed by atoms with van der Waals surface area (Å²) < 4.78 is 41.2. The Balaban J connectivity index is 1.90. The van der Waals surface area contributed by atoms with E-state index in [1.54, 1.807) is 24.3 Å². The molecule has 0 saturated heterocycles. The highest BCUT2D eigenvalue weighted by Gasteiger charge is 2.39. The van der Waals surface area contributed by atoms with Crippen LogP contribution in [0.1, 0.15) is 11.7 Å². The van der Waals surface area contributed by atoms with Crippen molar-refractivity contribution in [3.63, 3.8) is 0 Å². The number of thioether (sulfide) groups is 1. The number of halogens is 4. The second kappa shape index (κ2) is 6.67. The molecule has 0 aliphatic heterocycles. The maximum atomic E-state index is 12.2. The predicted molar refractivity (Wildman–Crippen MR) is 71.1 cm³/mol. The van der Waals surface area contributed by atoms with E-state index in [0.29, 0.717) is 10.8 Å². The number of hydrogen-bond acceptors (Lipinski definition) is 5. The highest BCUT2D eigenvalue weighted by molar-refractivity contribution is 7.98. The lowest BCUT2D eigenvalue weighted by atomic mass is 10.2. The van der Waals surface area contributed by atoms with Crippen LogP contribution in [0.3, 0.4) is 0 Å². The summed E-state index contributed by atoms with van der Waals surface area (Å²) >= 11 is 7.14. The van der Waals surface area contributed by atoms with Crippen LogP contribution in [0.25, 0.3) is 0 Å². The largest absolute Gasteiger partial charge is 0.414 e. The Kier molecular flexibility index (Phi) is 5.13. The molecule has 1 N–H and O–H groups in total. The monoisotopic (exact) mass is 338 g/mol. The van der Waals surface area contributed by atoms with E-state index in [-0.39, 0.29) is 11.7 Å². The van der Waals surface area contributed by atoms with Gasteiger partial charge in [-0.3, -0.25) is 0 Å². The zero-order valence-corrected chi connectivity index (χ0v) is 12.0. The quantitative estimate of drug-likeness (QED) is 0.846. The van der Waals surface area contributed by atoms with Gasteiger partial charge in [0.2, 0.25) is 5.89 Å². The third-order valence-electron chi connectivity index (χ3n) is 2.44. The molecule has 2 rings (SSSR count). The highest BCUT2D eigenvalue weighted by atomic mass is 35.5.